The molecule has 2 nitrogen and oxygen atoms in total. The minimum atomic E-state index is -0.247. The molecule has 0 saturated heterocycles. The highest BCUT2D eigenvalue weighted by molar-refractivity contribution is 6.18. The number of halogens is 1. The van der Waals surface area contributed by atoms with Crippen LogP contribution < -0.4 is 5.32 Å². The maximum absolute atomic E-state index is 12.3. The summed E-state index contributed by atoms with van der Waals surface area (Å²) in [5, 5.41) is 3.15. The summed E-state index contributed by atoms with van der Waals surface area (Å²) in [5.41, 5.74) is 2.22. The van der Waals surface area contributed by atoms with E-state index in [1.54, 1.807) is 0 Å². The Kier molecular flexibility index (Phi) is 3.96. The van der Waals surface area contributed by atoms with Crippen molar-refractivity contribution in [2.45, 2.75) is 44.6 Å². The highest BCUT2D eigenvalue weighted by atomic mass is 35.5. The van der Waals surface area contributed by atoms with Crippen LogP contribution in [0.1, 0.15) is 43.7 Å². The number of rotatable bonds is 5. The Labute approximate surface area is 114 Å². The Hall–Kier alpha value is -1.02. The fourth-order valence-electron chi connectivity index (χ4n) is 2.49. The molecule has 0 fully saturated rings. The van der Waals surface area contributed by atoms with E-state index in [1.807, 2.05) is 18.2 Å². The van der Waals surface area contributed by atoms with Crippen LogP contribution in [0.2, 0.25) is 0 Å². The topological polar surface area (TPSA) is 29.1 Å². The van der Waals surface area contributed by atoms with Gasteiger partial charge in [-0.25, -0.2) is 0 Å². The number of hydrogen-bond donors (Lipinski definition) is 1. The van der Waals surface area contributed by atoms with Gasteiger partial charge in [0.1, 0.15) is 0 Å². The lowest BCUT2D eigenvalue weighted by atomic mass is 9.76. The van der Waals surface area contributed by atoms with Crippen LogP contribution in [-0.2, 0) is 11.2 Å². The third-order valence-electron chi connectivity index (χ3n) is 4.17. The van der Waals surface area contributed by atoms with Crippen molar-refractivity contribution in [2.24, 2.45) is 0 Å². The molecule has 2 rings (SSSR count). The maximum Gasteiger partial charge on any atom is 0.228 e. The first-order valence-corrected chi connectivity index (χ1v) is 7.15. The molecule has 18 heavy (non-hydrogen) atoms. The van der Waals surface area contributed by atoms with Gasteiger partial charge in [0.15, 0.2) is 0 Å². The van der Waals surface area contributed by atoms with E-state index in [0.717, 1.165) is 19.3 Å². The molecular weight excluding hydrogens is 246 g/mol. The molecule has 0 aromatic heterocycles. The third-order valence-corrected chi connectivity index (χ3v) is 4.68. The van der Waals surface area contributed by atoms with Crippen molar-refractivity contribution in [3.05, 3.63) is 35.4 Å². The average molecular weight is 266 g/mol. The molecule has 1 aromatic carbocycles. The summed E-state index contributed by atoms with van der Waals surface area (Å²) in [6.45, 7) is 4.14. The quantitative estimate of drug-likeness (QED) is 0.814. The lowest BCUT2D eigenvalue weighted by molar-refractivity contribution is -0.124. The summed E-state index contributed by atoms with van der Waals surface area (Å²) in [6, 6.07) is 8.15. The van der Waals surface area contributed by atoms with Crippen LogP contribution in [-0.4, -0.2) is 17.3 Å². The van der Waals surface area contributed by atoms with Crippen molar-refractivity contribution in [1.82, 2.24) is 5.32 Å². The average Bonchev–Trinajstić information content (AvgIpc) is 2.37. The van der Waals surface area contributed by atoms with Gasteiger partial charge in [-0.15, -0.1) is 11.6 Å². The molecule has 98 valence electrons. The van der Waals surface area contributed by atoms with Crippen molar-refractivity contribution < 1.29 is 4.79 Å². The minimum Gasteiger partial charge on any atom is -0.349 e. The number of amides is 1. The molecule has 0 saturated carbocycles. The monoisotopic (exact) mass is 265 g/mol. The second kappa shape index (κ2) is 5.31. The molecule has 1 N–H and O–H groups in total. The van der Waals surface area contributed by atoms with Crippen LogP contribution >= 0.6 is 11.6 Å². The zero-order chi connectivity index (χ0) is 13.2. The highest BCUT2D eigenvalue weighted by Gasteiger charge is 2.36. The van der Waals surface area contributed by atoms with Crippen molar-refractivity contribution in [1.29, 1.82) is 0 Å². The predicted molar refractivity (Wildman–Crippen MR) is 75.1 cm³/mol. The molecule has 1 amide bonds. The van der Waals surface area contributed by atoms with Crippen molar-refractivity contribution in [3.63, 3.8) is 0 Å². The minimum absolute atomic E-state index is 0.0156. The second-order valence-corrected chi connectivity index (χ2v) is 5.33. The highest BCUT2D eigenvalue weighted by Crippen LogP contribution is 2.35. The Balaban J connectivity index is 2.07. The molecule has 3 heteroatoms. The summed E-state index contributed by atoms with van der Waals surface area (Å²) in [5.74, 6) is 0.611. The van der Waals surface area contributed by atoms with Gasteiger partial charge in [0.25, 0.3) is 0 Å². The largest absolute Gasteiger partial charge is 0.349 e. The van der Waals surface area contributed by atoms with Gasteiger partial charge in [0.05, 0.1) is 11.5 Å². The number of carbonyl (C=O) groups is 1. The van der Waals surface area contributed by atoms with Gasteiger partial charge in [0, 0.05) is 5.88 Å². The Morgan fingerprint density at radius 2 is 2.06 bits per heavy atom. The summed E-state index contributed by atoms with van der Waals surface area (Å²) in [7, 11) is 0. The van der Waals surface area contributed by atoms with Crippen molar-refractivity contribution >= 4 is 17.5 Å². The molecular formula is C15H20ClNO. The summed E-state index contributed by atoms with van der Waals surface area (Å²) < 4.78 is 0. The maximum atomic E-state index is 12.3. The van der Waals surface area contributed by atoms with E-state index in [2.05, 4.69) is 25.2 Å². The first kappa shape index (κ1) is 13.4. The predicted octanol–water partition coefficient (Wildman–Crippen LogP) is 3.24. The van der Waals surface area contributed by atoms with Crippen LogP contribution in [0.25, 0.3) is 0 Å². The van der Waals surface area contributed by atoms with Crippen LogP contribution in [0.15, 0.2) is 24.3 Å². The van der Waals surface area contributed by atoms with Gasteiger partial charge in [0.2, 0.25) is 5.91 Å². The Morgan fingerprint density at radius 3 is 2.61 bits per heavy atom. The van der Waals surface area contributed by atoms with E-state index in [9.17, 15) is 4.79 Å². The number of benzene rings is 1. The van der Waals surface area contributed by atoms with Crippen LogP contribution in [0.4, 0.5) is 0 Å². The third kappa shape index (κ3) is 2.26. The van der Waals surface area contributed by atoms with Gasteiger partial charge >= 0.3 is 0 Å². The molecule has 1 unspecified atom stereocenters. The summed E-state index contributed by atoms with van der Waals surface area (Å²) in [6.07, 6.45) is 2.59. The van der Waals surface area contributed by atoms with Gasteiger partial charge < -0.3 is 5.32 Å². The molecule has 0 spiro atoms. The fraction of sp³-hybridized carbons (Fsp3) is 0.533. The summed E-state index contributed by atoms with van der Waals surface area (Å²) >= 11 is 6.02. The van der Waals surface area contributed by atoms with E-state index >= 15 is 0 Å². The van der Waals surface area contributed by atoms with E-state index in [4.69, 9.17) is 11.6 Å². The number of fused-ring (bicyclic) bond motifs is 1. The number of alkyl halides is 1. The number of nitrogens with one attached hydrogen (secondary N) is 1. The Morgan fingerprint density at radius 1 is 1.39 bits per heavy atom. The van der Waals surface area contributed by atoms with E-state index < -0.39 is 0 Å². The number of hydrogen-bond acceptors (Lipinski definition) is 1. The van der Waals surface area contributed by atoms with Crippen molar-refractivity contribution in [2.75, 3.05) is 5.88 Å². The molecule has 1 aliphatic rings. The first-order chi connectivity index (χ1) is 8.65. The van der Waals surface area contributed by atoms with E-state index in [0.29, 0.717) is 5.88 Å². The molecule has 0 bridgehead atoms. The summed E-state index contributed by atoms with van der Waals surface area (Å²) in [4.78, 5) is 12.3. The Bertz CT molecular complexity index is 432. The van der Waals surface area contributed by atoms with Gasteiger partial charge in [-0.05, 0) is 30.4 Å². The van der Waals surface area contributed by atoms with Crippen molar-refractivity contribution in [3.8, 4) is 0 Å². The lowest BCUT2D eigenvalue weighted by Crippen LogP contribution is -2.52. The fourth-order valence-corrected chi connectivity index (χ4v) is 2.94. The molecule has 0 radical (unpaired) electrons. The molecule has 0 aliphatic heterocycles. The van der Waals surface area contributed by atoms with Crippen LogP contribution in [0.5, 0.6) is 0 Å². The first-order valence-electron chi connectivity index (χ1n) is 6.61. The van der Waals surface area contributed by atoms with Gasteiger partial charge in [-0.3, -0.25) is 4.79 Å². The van der Waals surface area contributed by atoms with E-state index in [1.165, 1.54) is 11.1 Å². The van der Waals surface area contributed by atoms with Crippen LogP contribution in [0.3, 0.4) is 0 Å². The van der Waals surface area contributed by atoms with Gasteiger partial charge in [-0.1, -0.05) is 38.1 Å². The number of carbonyl (C=O) groups excluding carboxylic acids is 1. The van der Waals surface area contributed by atoms with Gasteiger partial charge in [-0.2, -0.15) is 0 Å². The molecule has 1 aliphatic carbocycles. The zero-order valence-corrected chi connectivity index (χ0v) is 11.8. The lowest BCUT2D eigenvalue weighted by Gasteiger charge is -2.36. The second-order valence-electron chi connectivity index (χ2n) is 5.07. The van der Waals surface area contributed by atoms with E-state index in [-0.39, 0.29) is 17.4 Å². The van der Waals surface area contributed by atoms with Crippen LogP contribution in [0, 0.1) is 0 Å². The zero-order valence-electron chi connectivity index (χ0n) is 11.0. The molecule has 1 atom stereocenters. The smallest absolute Gasteiger partial charge is 0.228 e. The SMILES string of the molecule is CCC(CC)(CCl)NC(=O)C1Cc2ccccc21. The standard InChI is InChI=1S/C15H20ClNO/c1-3-15(4-2,10-16)17-14(18)13-9-11-7-5-6-8-12(11)13/h5-8,13H,3-4,9-10H2,1-2H3,(H,17,18). The molecule has 1 aromatic rings. The normalized spacial score (nSPS) is 17.8. The molecule has 0 heterocycles.